The maximum Gasteiger partial charge on any atom is 0.411 e. The molecule has 1 heterocycles. The first kappa shape index (κ1) is 9.38. The second-order valence-corrected chi connectivity index (χ2v) is 3.16. The van der Waals surface area contributed by atoms with Gasteiger partial charge in [0.25, 0.3) is 0 Å². The molecule has 0 fully saturated rings. The summed E-state index contributed by atoms with van der Waals surface area (Å²) in [6.07, 6.45) is -2.81. The van der Waals surface area contributed by atoms with Crippen LogP contribution in [0.1, 0.15) is 13.8 Å². The van der Waals surface area contributed by atoms with Gasteiger partial charge in [-0.2, -0.15) is 13.2 Å². The predicted molar refractivity (Wildman–Crippen MR) is 39.1 cm³/mol. The van der Waals surface area contributed by atoms with E-state index in [1.165, 1.54) is 18.1 Å². The largest absolute Gasteiger partial charge is 0.411 e. The number of hydrogen-bond donors (Lipinski definition) is 1. The third-order valence-corrected chi connectivity index (χ3v) is 2.14. The summed E-state index contributed by atoms with van der Waals surface area (Å²) in [6, 6.07) is 0. The molecule has 12 heavy (non-hydrogen) atoms. The highest BCUT2D eigenvalue weighted by molar-refractivity contribution is 5.23. The molecule has 0 aromatic rings. The topological polar surface area (TPSA) is 15.3 Å². The van der Waals surface area contributed by atoms with E-state index in [1.54, 1.807) is 7.05 Å². The van der Waals surface area contributed by atoms with Gasteiger partial charge in [0, 0.05) is 13.2 Å². The van der Waals surface area contributed by atoms with E-state index in [9.17, 15) is 13.2 Å². The van der Waals surface area contributed by atoms with E-state index < -0.39 is 11.7 Å². The zero-order chi connectivity index (χ0) is 9.57. The van der Waals surface area contributed by atoms with Gasteiger partial charge in [-0.1, -0.05) is 0 Å². The molecule has 0 aliphatic carbocycles. The molecule has 0 saturated heterocycles. The van der Waals surface area contributed by atoms with Crippen LogP contribution in [0.5, 0.6) is 0 Å². The number of nitrogens with one attached hydrogen (secondary N) is 1. The Bertz CT molecular complexity index is 221. The van der Waals surface area contributed by atoms with Crippen molar-refractivity contribution in [1.82, 2.24) is 10.4 Å². The van der Waals surface area contributed by atoms with E-state index in [1.807, 2.05) is 0 Å². The Balaban J connectivity index is 2.96. The summed E-state index contributed by atoms with van der Waals surface area (Å²) in [5.74, 6) is 0. The van der Waals surface area contributed by atoms with E-state index in [2.05, 4.69) is 5.43 Å². The lowest BCUT2D eigenvalue weighted by Gasteiger charge is -2.30. The predicted octanol–water partition coefficient (Wildman–Crippen LogP) is 1.66. The number of halogens is 3. The molecule has 0 bridgehead atoms. The number of hydrazine groups is 1. The molecule has 0 spiro atoms. The Labute approximate surface area is 69.0 Å². The first-order valence-corrected chi connectivity index (χ1v) is 3.53. The van der Waals surface area contributed by atoms with Crippen molar-refractivity contribution in [2.24, 2.45) is 0 Å². The van der Waals surface area contributed by atoms with E-state index >= 15 is 0 Å². The monoisotopic (exact) mass is 180 g/mol. The normalized spacial score (nSPS) is 30.8. The van der Waals surface area contributed by atoms with E-state index in [4.69, 9.17) is 0 Å². The number of nitrogens with zero attached hydrogens (tertiary/aromatic N) is 1. The molecule has 1 rings (SSSR count). The van der Waals surface area contributed by atoms with Crippen LogP contribution in [-0.2, 0) is 0 Å². The fourth-order valence-electron chi connectivity index (χ4n) is 1.18. The zero-order valence-corrected chi connectivity index (χ0v) is 7.16. The first-order valence-electron chi connectivity index (χ1n) is 3.53. The minimum atomic E-state index is -4.25. The van der Waals surface area contributed by atoms with Crippen LogP contribution in [0, 0.1) is 0 Å². The fourth-order valence-corrected chi connectivity index (χ4v) is 1.18. The molecule has 70 valence electrons. The fraction of sp³-hybridized carbons (Fsp3) is 0.714. The van der Waals surface area contributed by atoms with Crippen molar-refractivity contribution < 1.29 is 13.2 Å². The lowest BCUT2D eigenvalue weighted by atomic mass is 9.95. The van der Waals surface area contributed by atoms with Gasteiger partial charge in [-0.05, 0) is 19.4 Å². The van der Waals surface area contributed by atoms with Gasteiger partial charge >= 0.3 is 6.18 Å². The Morgan fingerprint density at radius 2 is 2.00 bits per heavy atom. The maximum atomic E-state index is 12.4. The van der Waals surface area contributed by atoms with Gasteiger partial charge in [0.15, 0.2) is 5.54 Å². The molecule has 5 heteroatoms. The van der Waals surface area contributed by atoms with Crippen LogP contribution in [0.15, 0.2) is 11.8 Å². The second kappa shape index (κ2) is 2.39. The van der Waals surface area contributed by atoms with E-state index in [0.29, 0.717) is 0 Å². The van der Waals surface area contributed by atoms with Gasteiger partial charge in [0.05, 0.1) is 0 Å². The molecule has 0 aromatic heterocycles. The minimum Gasteiger partial charge on any atom is -0.318 e. The Morgan fingerprint density at radius 3 is 2.17 bits per heavy atom. The zero-order valence-electron chi connectivity index (χ0n) is 7.16. The lowest BCUT2D eigenvalue weighted by molar-refractivity contribution is -0.184. The molecule has 2 nitrogen and oxygen atoms in total. The minimum absolute atomic E-state index is 0.275. The average Bonchev–Trinajstić information content (AvgIpc) is 2.06. The quantitative estimate of drug-likeness (QED) is 0.610. The third-order valence-electron chi connectivity index (χ3n) is 2.14. The summed E-state index contributed by atoms with van der Waals surface area (Å²) in [6.45, 7) is 2.59. The van der Waals surface area contributed by atoms with Crippen molar-refractivity contribution in [3.63, 3.8) is 0 Å². The highest BCUT2D eigenvalue weighted by Gasteiger charge is 2.55. The van der Waals surface area contributed by atoms with Gasteiger partial charge in [0.1, 0.15) is 0 Å². The molecular weight excluding hydrogens is 169 g/mol. The van der Waals surface area contributed by atoms with Gasteiger partial charge in [0.2, 0.25) is 0 Å². The molecular formula is C7H11F3N2. The molecule has 0 amide bonds. The second-order valence-electron chi connectivity index (χ2n) is 3.16. The summed E-state index contributed by atoms with van der Waals surface area (Å²) in [5, 5.41) is 1.32. The summed E-state index contributed by atoms with van der Waals surface area (Å²) >= 11 is 0. The van der Waals surface area contributed by atoms with Crippen LogP contribution in [-0.4, -0.2) is 23.8 Å². The SMILES string of the molecule is CC1=CN(C)NC1(C)C(F)(F)F. The van der Waals surface area contributed by atoms with Crippen molar-refractivity contribution in [2.75, 3.05) is 7.05 Å². The highest BCUT2D eigenvalue weighted by Crippen LogP contribution is 2.38. The Hall–Kier alpha value is -0.710. The van der Waals surface area contributed by atoms with Gasteiger partial charge in [-0.3, -0.25) is 0 Å². The van der Waals surface area contributed by atoms with Gasteiger partial charge < -0.3 is 5.01 Å². The average molecular weight is 180 g/mol. The molecule has 1 N–H and O–H groups in total. The lowest BCUT2D eigenvalue weighted by Crippen LogP contribution is -2.55. The van der Waals surface area contributed by atoms with Crippen molar-refractivity contribution in [3.05, 3.63) is 11.8 Å². The van der Waals surface area contributed by atoms with Crippen LogP contribution in [0.4, 0.5) is 13.2 Å². The van der Waals surface area contributed by atoms with Crippen LogP contribution < -0.4 is 5.43 Å². The maximum absolute atomic E-state index is 12.4. The molecule has 1 aliphatic rings. The molecule has 1 unspecified atom stereocenters. The Morgan fingerprint density at radius 1 is 1.50 bits per heavy atom. The number of alkyl halides is 3. The molecule has 0 aromatic carbocycles. The van der Waals surface area contributed by atoms with Crippen molar-refractivity contribution in [2.45, 2.75) is 25.6 Å². The summed E-state index contributed by atoms with van der Waals surface area (Å²) in [4.78, 5) is 0. The standard InChI is InChI=1S/C7H11F3N2/c1-5-4-12(3)11-6(5,2)7(8,9)10/h4,11H,1-3H3. The summed E-state index contributed by atoms with van der Waals surface area (Å²) in [7, 11) is 1.54. The van der Waals surface area contributed by atoms with Crippen molar-refractivity contribution in [3.8, 4) is 0 Å². The highest BCUT2D eigenvalue weighted by atomic mass is 19.4. The summed E-state index contributed by atoms with van der Waals surface area (Å²) < 4.78 is 37.3. The van der Waals surface area contributed by atoms with Crippen LogP contribution in [0.3, 0.4) is 0 Å². The Kier molecular flexibility index (Phi) is 1.87. The van der Waals surface area contributed by atoms with Crippen LogP contribution in [0.25, 0.3) is 0 Å². The van der Waals surface area contributed by atoms with E-state index in [0.717, 1.165) is 6.92 Å². The molecule has 0 radical (unpaired) electrons. The van der Waals surface area contributed by atoms with Crippen molar-refractivity contribution >= 4 is 0 Å². The molecule has 0 saturated carbocycles. The molecule has 1 aliphatic heterocycles. The van der Waals surface area contributed by atoms with Crippen molar-refractivity contribution in [1.29, 1.82) is 0 Å². The van der Waals surface area contributed by atoms with Crippen LogP contribution in [0.2, 0.25) is 0 Å². The number of hydrogen-bond acceptors (Lipinski definition) is 2. The van der Waals surface area contributed by atoms with Crippen LogP contribution >= 0.6 is 0 Å². The first-order chi connectivity index (χ1) is 5.27. The smallest absolute Gasteiger partial charge is 0.318 e. The van der Waals surface area contributed by atoms with E-state index in [-0.39, 0.29) is 5.57 Å². The summed E-state index contributed by atoms with van der Waals surface area (Å²) in [5.41, 5.74) is 0.710. The van der Waals surface area contributed by atoms with Gasteiger partial charge in [-0.25, -0.2) is 5.43 Å². The molecule has 1 atom stereocenters. The third kappa shape index (κ3) is 1.18. The van der Waals surface area contributed by atoms with Gasteiger partial charge in [-0.15, -0.1) is 0 Å². The number of rotatable bonds is 0.